The Labute approximate surface area is 141 Å². The van der Waals surface area contributed by atoms with Crippen LogP contribution in [-0.4, -0.2) is 35.5 Å². The summed E-state index contributed by atoms with van der Waals surface area (Å²) in [4.78, 5) is 0. The maximum atomic E-state index is 4.93. The van der Waals surface area contributed by atoms with Crippen molar-refractivity contribution in [1.82, 2.24) is 20.9 Å². The van der Waals surface area contributed by atoms with E-state index in [-0.39, 0.29) is 0 Å². The molecule has 2 fully saturated rings. The van der Waals surface area contributed by atoms with Crippen molar-refractivity contribution in [3.8, 4) is 11.8 Å². The van der Waals surface area contributed by atoms with Crippen LogP contribution in [0.5, 0.6) is 0 Å². The molecule has 24 heavy (non-hydrogen) atoms. The van der Waals surface area contributed by atoms with Gasteiger partial charge >= 0.3 is 0 Å². The molecule has 6 nitrogen and oxygen atoms in total. The third-order valence-corrected chi connectivity index (χ3v) is 3.92. The van der Waals surface area contributed by atoms with Crippen LogP contribution in [0.2, 0.25) is 0 Å². The summed E-state index contributed by atoms with van der Waals surface area (Å²) in [5.74, 6) is 7.48. The molecule has 0 radical (unpaired) electrons. The Balaban J connectivity index is 0.000000141. The zero-order valence-electron chi connectivity index (χ0n) is 13.6. The van der Waals surface area contributed by atoms with E-state index in [1.54, 1.807) is 18.5 Å². The predicted octanol–water partition coefficient (Wildman–Crippen LogP) is 2.22. The van der Waals surface area contributed by atoms with E-state index in [9.17, 15) is 0 Å². The molecule has 0 spiro atoms. The number of nitrogens with zero attached hydrogens (tertiary/aromatic N) is 2. The molecule has 2 aromatic rings. The Morgan fingerprint density at radius 2 is 1.88 bits per heavy atom. The van der Waals surface area contributed by atoms with Crippen LogP contribution in [0.1, 0.15) is 37.2 Å². The molecule has 4 heterocycles. The minimum atomic E-state index is 0.343. The largest absolute Gasteiger partial charge is 0.357 e. The first kappa shape index (κ1) is 16.5. The highest BCUT2D eigenvalue weighted by molar-refractivity contribution is 5.42. The van der Waals surface area contributed by atoms with E-state index in [1.165, 1.54) is 19.3 Å². The van der Waals surface area contributed by atoms with E-state index in [1.807, 2.05) is 12.1 Å². The first-order valence-electron chi connectivity index (χ1n) is 8.38. The molecule has 2 unspecified atom stereocenters. The summed E-state index contributed by atoms with van der Waals surface area (Å²) in [6.45, 7) is 2.21. The lowest BCUT2D eigenvalue weighted by atomic mass is 10.2. The van der Waals surface area contributed by atoms with Gasteiger partial charge in [0, 0.05) is 18.2 Å². The van der Waals surface area contributed by atoms with E-state index in [2.05, 4.69) is 38.9 Å². The highest BCUT2D eigenvalue weighted by atomic mass is 16.5. The summed E-state index contributed by atoms with van der Waals surface area (Å²) in [6, 6.07) is 4.48. The van der Waals surface area contributed by atoms with Crippen molar-refractivity contribution in [3.05, 3.63) is 42.1 Å². The van der Waals surface area contributed by atoms with Gasteiger partial charge in [0.2, 0.25) is 5.76 Å². The van der Waals surface area contributed by atoms with Crippen LogP contribution in [0, 0.1) is 11.8 Å². The third-order valence-electron chi connectivity index (χ3n) is 3.92. The fourth-order valence-corrected chi connectivity index (χ4v) is 2.64. The second-order valence-electron chi connectivity index (χ2n) is 5.77. The van der Waals surface area contributed by atoms with Crippen LogP contribution in [0.15, 0.2) is 39.6 Å². The van der Waals surface area contributed by atoms with Crippen LogP contribution < -0.4 is 10.6 Å². The topological polar surface area (TPSA) is 76.1 Å². The molecule has 2 aromatic heterocycles. The van der Waals surface area contributed by atoms with Gasteiger partial charge in [-0.05, 0) is 50.8 Å². The Morgan fingerprint density at radius 1 is 1.04 bits per heavy atom. The number of rotatable bonds is 2. The van der Waals surface area contributed by atoms with Gasteiger partial charge in [0.1, 0.15) is 0 Å². The summed E-state index contributed by atoms with van der Waals surface area (Å²) < 4.78 is 9.77. The molecule has 2 aliphatic rings. The quantitative estimate of drug-likeness (QED) is 0.824. The van der Waals surface area contributed by atoms with E-state index in [4.69, 9.17) is 9.05 Å². The molecule has 2 atom stereocenters. The van der Waals surface area contributed by atoms with Crippen molar-refractivity contribution in [3.63, 3.8) is 0 Å². The lowest BCUT2D eigenvalue weighted by Gasteiger charge is -2.00. The first-order valence-corrected chi connectivity index (χ1v) is 8.38. The average molecular weight is 326 g/mol. The number of nitrogens with one attached hydrogen (secondary N) is 2. The van der Waals surface area contributed by atoms with Gasteiger partial charge < -0.3 is 19.7 Å². The Hall–Kier alpha value is -2.36. The van der Waals surface area contributed by atoms with Crippen LogP contribution in [0.4, 0.5) is 0 Å². The molecule has 126 valence electrons. The molecule has 0 saturated carbocycles. The zero-order chi connectivity index (χ0) is 16.5. The maximum absolute atomic E-state index is 4.93. The SMILES string of the molecule is C(#CC1CCCN1)c1ccno1.C(=C/C1CCCN1)/c1ccno1. The van der Waals surface area contributed by atoms with E-state index in [0.717, 1.165) is 25.3 Å². The van der Waals surface area contributed by atoms with Gasteiger partial charge in [-0.3, -0.25) is 0 Å². The van der Waals surface area contributed by atoms with Gasteiger partial charge in [0.05, 0.1) is 18.4 Å². The van der Waals surface area contributed by atoms with Crippen molar-refractivity contribution in [2.75, 3.05) is 13.1 Å². The maximum Gasteiger partial charge on any atom is 0.209 e. The highest BCUT2D eigenvalue weighted by Crippen LogP contribution is 2.08. The fourth-order valence-electron chi connectivity index (χ4n) is 2.64. The second-order valence-corrected chi connectivity index (χ2v) is 5.77. The second kappa shape index (κ2) is 9.06. The number of hydrogen-bond acceptors (Lipinski definition) is 6. The van der Waals surface area contributed by atoms with Crippen LogP contribution in [-0.2, 0) is 0 Å². The predicted molar refractivity (Wildman–Crippen MR) is 91.0 cm³/mol. The molecule has 4 rings (SSSR count). The smallest absolute Gasteiger partial charge is 0.209 e. The normalized spacial score (nSPS) is 22.8. The average Bonchev–Trinajstić information content (AvgIpc) is 3.43. The summed E-state index contributed by atoms with van der Waals surface area (Å²) in [5, 5.41) is 13.8. The highest BCUT2D eigenvalue weighted by Gasteiger charge is 2.10. The van der Waals surface area contributed by atoms with Gasteiger partial charge in [-0.15, -0.1) is 0 Å². The molecular weight excluding hydrogens is 304 g/mol. The molecular formula is C18H22N4O2. The summed E-state index contributed by atoms with van der Waals surface area (Å²) in [6.07, 6.45) is 12.2. The standard InChI is InChI=1S/C9H12N2O.C9H10N2O/c2*1-2-8(10-6-1)3-4-9-5-7-11-12-9/h3-5,7-8,10H,1-2,6H2;5,7-8,10H,1-2,6H2/b4-3-;. The Kier molecular flexibility index (Phi) is 6.23. The zero-order valence-corrected chi connectivity index (χ0v) is 13.6. The molecule has 6 heteroatoms. The van der Waals surface area contributed by atoms with E-state index in [0.29, 0.717) is 17.8 Å². The number of hydrogen-bond donors (Lipinski definition) is 2. The summed E-state index contributed by atoms with van der Waals surface area (Å²) in [7, 11) is 0. The molecule has 0 aromatic carbocycles. The molecule has 0 bridgehead atoms. The number of aromatic nitrogens is 2. The lowest BCUT2D eigenvalue weighted by Crippen LogP contribution is -2.18. The van der Waals surface area contributed by atoms with Crippen LogP contribution in [0.25, 0.3) is 6.08 Å². The molecule has 2 N–H and O–H groups in total. The molecule has 2 saturated heterocycles. The summed E-state index contributed by atoms with van der Waals surface area (Å²) >= 11 is 0. The van der Waals surface area contributed by atoms with Crippen LogP contribution in [0.3, 0.4) is 0 Å². The van der Waals surface area contributed by atoms with Crippen molar-refractivity contribution >= 4 is 6.08 Å². The van der Waals surface area contributed by atoms with Gasteiger partial charge in [-0.1, -0.05) is 22.3 Å². The van der Waals surface area contributed by atoms with E-state index >= 15 is 0 Å². The van der Waals surface area contributed by atoms with Crippen molar-refractivity contribution < 1.29 is 9.05 Å². The van der Waals surface area contributed by atoms with Gasteiger partial charge in [-0.25, -0.2) is 0 Å². The Bertz CT molecular complexity index is 656. The van der Waals surface area contributed by atoms with Crippen molar-refractivity contribution in [1.29, 1.82) is 0 Å². The fraction of sp³-hybridized carbons (Fsp3) is 0.444. The van der Waals surface area contributed by atoms with E-state index < -0.39 is 0 Å². The van der Waals surface area contributed by atoms with Crippen molar-refractivity contribution in [2.24, 2.45) is 0 Å². The minimum Gasteiger partial charge on any atom is -0.357 e. The van der Waals surface area contributed by atoms with Gasteiger partial charge in [0.25, 0.3) is 0 Å². The van der Waals surface area contributed by atoms with Crippen molar-refractivity contribution in [2.45, 2.75) is 37.8 Å². The first-order chi connectivity index (χ1) is 11.9. The third kappa shape index (κ3) is 5.37. The molecule has 2 aliphatic heterocycles. The Morgan fingerprint density at radius 3 is 2.54 bits per heavy atom. The lowest BCUT2D eigenvalue weighted by molar-refractivity contribution is 0.411. The monoisotopic (exact) mass is 326 g/mol. The minimum absolute atomic E-state index is 0.343. The summed E-state index contributed by atoms with van der Waals surface area (Å²) in [5.41, 5.74) is 0. The van der Waals surface area contributed by atoms with Gasteiger partial charge in [-0.2, -0.15) is 0 Å². The molecule has 0 amide bonds. The van der Waals surface area contributed by atoms with Crippen LogP contribution >= 0.6 is 0 Å². The van der Waals surface area contributed by atoms with Gasteiger partial charge in [0.15, 0.2) is 5.76 Å². The molecule has 0 aliphatic carbocycles.